The van der Waals surface area contributed by atoms with E-state index in [2.05, 4.69) is 20.8 Å². The first-order valence-corrected chi connectivity index (χ1v) is 11.6. The number of fused-ring (bicyclic) bond motifs is 1. The number of nitrogens with zero attached hydrogens (tertiary/aromatic N) is 3. The number of aryl methyl sites for hydroxylation is 1. The molecule has 0 saturated carbocycles. The Morgan fingerprint density at radius 2 is 1.73 bits per heavy atom. The SMILES string of the molecule is Cc1ccc(C(=O)N[C@@H](C)c2nnc(SCC(=O)Nc3ccc4ccccc4c3)n2C)cc1. The van der Waals surface area contributed by atoms with Crippen molar-refractivity contribution in [1.29, 1.82) is 0 Å². The van der Waals surface area contributed by atoms with Crippen LogP contribution in [0.2, 0.25) is 0 Å². The van der Waals surface area contributed by atoms with Gasteiger partial charge in [0.05, 0.1) is 11.8 Å². The molecule has 0 bridgehead atoms. The van der Waals surface area contributed by atoms with E-state index in [1.165, 1.54) is 11.8 Å². The highest BCUT2D eigenvalue weighted by Gasteiger charge is 2.19. The van der Waals surface area contributed by atoms with Crippen LogP contribution in [0.3, 0.4) is 0 Å². The molecule has 0 radical (unpaired) electrons. The van der Waals surface area contributed by atoms with Crippen LogP contribution in [-0.2, 0) is 11.8 Å². The third-order valence-corrected chi connectivity index (χ3v) is 6.30. The number of amides is 2. The topological polar surface area (TPSA) is 88.9 Å². The van der Waals surface area contributed by atoms with Gasteiger partial charge in [-0.1, -0.05) is 59.8 Å². The summed E-state index contributed by atoms with van der Waals surface area (Å²) in [5, 5.41) is 17.1. The van der Waals surface area contributed by atoms with Crippen molar-refractivity contribution in [1.82, 2.24) is 20.1 Å². The minimum atomic E-state index is -0.336. The van der Waals surface area contributed by atoms with Crippen LogP contribution in [0.5, 0.6) is 0 Å². The van der Waals surface area contributed by atoms with Crippen LogP contribution in [0.1, 0.15) is 34.7 Å². The minimum Gasteiger partial charge on any atom is -0.342 e. The summed E-state index contributed by atoms with van der Waals surface area (Å²) in [5.74, 6) is 0.519. The monoisotopic (exact) mass is 459 g/mol. The molecule has 0 aliphatic carbocycles. The Morgan fingerprint density at radius 1 is 1.00 bits per heavy atom. The highest BCUT2D eigenvalue weighted by molar-refractivity contribution is 7.99. The molecule has 1 aromatic heterocycles. The van der Waals surface area contributed by atoms with Crippen LogP contribution in [-0.4, -0.2) is 32.3 Å². The molecular weight excluding hydrogens is 434 g/mol. The number of benzene rings is 3. The molecule has 0 fully saturated rings. The normalized spacial score (nSPS) is 11.8. The zero-order valence-corrected chi connectivity index (χ0v) is 19.5. The van der Waals surface area contributed by atoms with E-state index in [1.54, 1.807) is 16.7 Å². The second kappa shape index (κ2) is 9.87. The fourth-order valence-corrected chi connectivity index (χ4v) is 4.19. The lowest BCUT2D eigenvalue weighted by Crippen LogP contribution is -2.28. The smallest absolute Gasteiger partial charge is 0.251 e. The van der Waals surface area contributed by atoms with Crippen LogP contribution in [0.25, 0.3) is 10.8 Å². The standard InChI is InChI=1S/C25H25N5O2S/c1-16-8-10-19(11-9-16)24(32)26-17(2)23-28-29-25(30(23)3)33-15-22(31)27-21-13-12-18-6-4-5-7-20(18)14-21/h4-14,17H,15H2,1-3H3,(H,26,32)(H,27,31)/t17-/m0/s1. The van der Waals surface area contributed by atoms with Gasteiger partial charge in [0, 0.05) is 18.3 Å². The third kappa shape index (κ3) is 5.40. The first-order valence-electron chi connectivity index (χ1n) is 10.6. The lowest BCUT2D eigenvalue weighted by atomic mass is 10.1. The van der Waals surface area contributed by atoms with E-state index in [0.29, 0.717) is 16.5 Å². The van der Waals surface area contributed by atoms with Crippen molar-refractivity contribution in [3.8, 4) is 0 Å². The molecule has 0 aliphatic heterocycles. The third-order valence-electron chi connectivity index (χ3n) is 5.28. The Hall–Kier alpha value is -3.65. The van der Waals surface area contributed by atoms with Crippen LogP contribution >= 0.6 is 11.8 Å². The molecule has 2 amide bonds. The number of carbonyl (C=O) groups excluding carboxylic acids is 2. The zero-order valence-electron chi connectivity index (χ0n) is 18.7. The zero-order chi connectivity index (χ0) is 23.4. The van der Waals surface area contributed by atoms with Gasteiger partial charge in [-0.05, 0) is 48.9 Å². The molecule has 0 saturated heterocycles. The maximum atomic E-state index is 12.5. The van der Waals surface area contributed by atoms with E-state index < -0.39 is 0 Å². The second-order valence-electron chi connectivity index (χ2n) is 7.86. The Kier molecular flexibility index (Phi) is 6.74. The second-order valence-corrected chi connectivity index (χ2v) is 8.80. The number of hydrogen-bond acceptors (Lipinski definition) is 5. The van der Waals surface area contributed by atoms with E-state index >= 15 is 0 Å². The Bertz CT molecular complexity index is 1300. The van der Waals surface area contributed by atoms with Crippen molar-refractivity contribution in [3.05, 3.63) is 83.7 Å². The van der Waals surface area contributed by atoms with Gasteiger partial charge < -0.3 is 15.2 Å². The quantitative estimate of drug-likeness (QED) is 0.397. The van der Waals surface area contributed by atoms with E-state index in [9.17, 15) is 9.59 Å². The van der Waals surface area contributed by atoms with Gasteiger partial charge in [0.1, 0.15) is 0 Å². The summed E-state index contributed by atoms with van der Waals surface area (Å²) < 4.78 is 1.80. The summed E-state index contributed by atoms with van der Waals surface area (Å²) in [7, 11) is 1.83. The molecule has 0 aliphatic rings. The Labute approximate surface area is 196 Å². The molecule has 33 heavy (non-hydrogen) atoms. The average Bonchev–Trinajstić information content (AvgIpc) is 3.18. The molecular formula is C25H25N5O2S. The number of hydrogen-bond donors (Lipinski definition) is 2. The summed E-state index contributed by atoms with van der Waals surface area (Å²) in [5.41, 5.74) is 2.44. The number of carbonyl (C=O) groups is 2. The molecule has 2 N–H and O–H groups in total. The largest absolute Gasteiger partial charge is 0.342 e. The molecule has 7 nitrogen and oxygen atoms in total. The highest BCUT2D eigenvalue weighted by atomic mass is 32.2. The van der Waals surface area contributed by atoms with Crippen molar-refractivity contribution in [3.63, 3.8) is 0 Å². The first-order chi connectivity index (χ1) is 15.9. The summed E-state index contributed by atoms with van der Waals surface area (Å²) in [4.78, 5) is 25.0. The number of anilines is 1. The van der Waals surface area contributed by atoms with E-state index in [0.717, 1.165) is 22.0 Å². The fraction of sp³-hybridized carbons (Fsp3) is 0.200. The van der Waals surface area contributed by atoms with Crippen molar-refractivity contribution >= 4 is 40.0 Å². The molecule has 168 valence electrons. The summed E-state index contributed by atoms with van der Waals surface area (Å²) in [6.07, 6.45) is 0. The van der Waals surface area contributed by atoms with Gasteiger partial charge in [0.15, 0.2) is 11.0 Å². The maximum absolute atomic E-state index is 12.5. The molecule has 1 atom stereocenters. The number of aromatic nitrogens is 3. The highest BCUT2D eigenvalue weighted by Crippen LogP contribution is 2.21. The summed E-state index contributed by atoms with van der Waals surface area (Å²) in [6.45, 7) is 3.84. The number of rotatable bonds is 7. The van der Waals surface area contributed by atoms with Gasteiger partial charge in [-0.2, -0.15) is 0 Å². The van der Waals surface area contributed by atoms with Crippen LogP contribution in [0, 0.1) is 6.92 Å². The number of thioether (sulfide) groups is 1. The van der Waals surface area contributed by atoms with Gasteiger partial charge in [-0.3, -0.25) is 9.59 Å². The van der Waals surface area contributed by atoms with Gasteiger partial charge >= 0.3 is 0 Å². The van der Waals surface area contributed by atoms with Gasteiger partial charge in [0.25, 0.3) is 5.91 Å². The molecule has 4 aromatic rings. The van der Waals surface area contributed by atoms with E-state index in [4.69, 9.17) is 0 Å². The fourth-order valence-electron chi connectivity index (χ4n) is 3.47. The van der Waals surface area contributed by atoms with Gasteiger partial charge in [-0.25, -0.2) is 0 Å². The predicted octanol–water partition coefficient (Wildman–Crippen LogP) is 4.50. The van der Waals surface area contributed by atoms with Crippen molar-refractivity contribution < 1.29 is 9.59 Å². The first kappa shape index (κ1) is 22.5. The van der Waals surface area contributed by atoms with Crippen LogP contribution < -0.4 is 10.6 Å². The summed E-state index contributed by atoms with van der Waals surface area (Å²) >= 11 is 1.30. The lowest BCUT2D eigenvalue weighted by molar-refractivity contribution is -0.113. The molecule has 4 rings (SSSR count). The average molecular weight is 460 g/mol. The molecule has 0 spiro atoms. The van der Waals surface area contributed by atoms with Crippen molar-refractivity contribution in [2.45, 2.75) is 25.0 Å². The molecule has 3 aromatic carbocycles. The molecule has 0 unspecified atom stereocenters. The minimum absolute atomic E-state index is 0.124. The molecule has 8 heteroatoms. The van der Waals surface area contributed by atoms with Gasteiger partial charge in [0.2, 0.25) is 5.91 Å². The van der Waals surface area contributed by atoms with Crippen molar-refractivity contribution in [2.75, 3.05) is 11.1 Å². The van der Waals surface area contributed by atoms with E-state index in [1.807, 2.05) is 75.5 Å². The lowest BCUT2D eigenvalue weighted by Gasteiger charge is -2.13. The van der Waals surface area contributed by atoms with Crippen LogP contribution in [0.4, 0.5) is 5.69 Å². The predicted molar refractivity (Wildman–Crippen MR) is 131 cm³/mol. The van der Waals surface area contributed by atoms with Gasteiger partial charge in [-0.15, -0.1) is 10.2 Å². The van der Waals surface area contributed by atoms with Crippen molar-refractivity contribution in [2.24, 2.45) is 7.05 Å². The number of nitrogens with one attached hydrogen (secondary N) is 2. The maximum Gasteiger partial charge on any atom is 0.251 e. The molecule has 1 heterocycles. The van der Waals surface area contributed by atoms with Crippen LogP contribution in [0.15, 0.2) is 71.9 Å². The Balaban J connectivity index is 1.34. The summed E-state index contributed by atoms with van der Waals surface area (Å²) in [6, 6.07) is 20.9. The van der Waals surface area contributed by atoms with E-state index in [-0.39, 0.29) is 23.6 Å². The Morgan fingerprint density at radius 3 is 2.48 bits per heavy atom.